The van der Waals surface area contributed by atoms with Gasteiger partial charge in [0, 0.05) is 30.6 Å². The quantitative estimate of drug-likeness (QED) is 0.851. The highest BCUT2D eigenvalue weighted by Gasteiger charge is 2.23. The third kappa shape index (κ3) is 2.58. The summed E-state index contributed by atoms with van der Waals surface area (Å²) in [4.78, 5) is 11.1. The topological polar surface area (TPSA) is 41.1 Å². The summed E-state index contributed by atoms with van der Waals surface area (Å²) in [5.41, 5.74) is 0. The van der Waals surface area contributed by atoms with E-state index in [4.69, 9.17) is 0 Å². The molecule has 0 aliphatic carbocycles. The molecule has 2 unspecified atom stereocenters. The number of aromatic nitrogens is 2. The SMILES string of the molecule is CNc1cncc(N2CC(C)SC(C)C2)n1. The Morgan fingerprint density at radius 2 is 2.00 bits per heavy atom. The van der Waals surface area contributed by atoms with Gasteiger partial charge in [-0.15, -0.1) is 0 Å². The smallest absolute Gasteiger partial charge is 0.149 e. The number of rotatable bonds is 2. The summed E-state index contributed by atoms with van der Waals surface area (Å²) in [5.74, 6) is 1.81. The highest BCUT2D eigenvalue weighted by Crippen LogP contribution is 2.27. The van der Waals surface area contributed by atoms with Crippen LogP contribution in [0.1, 0.15) is 13.8 Å². The number of thioether (sulfide) groups is 1. The summed E-state index contributed by atoms with van der Waals surface area (Å²) in [7, 11) is 1.87. The zero-order valence-corrected chi connectivity index (χ0v) is 10.8. The molecule has 16 heavy (non-hydrogen) atoms. The van der Waals surface area contributed by atoms with Gasteiger partial charge in [0.25, 0.3) is 0 Å². The lowest BCUT2D eigenvalue weighted by molar-refractivity contribution is 0.717. The van der Waals surface area contributed by atoms with E-state index in [-0.39, 0.29) is 0 Å². The maximum Gasteiger partial charge on any atom is 0.149 e. The second kappa shape index (κ2) is 4.91. The van der Waals surface area contributed by atoms with Crippen molar-refractivity contribution in [3.8, 4) is 0 Å². The van der Waals surface area contributed by atoms with Crippen LogP contribution in [0.3, 0.4) is 0 Å². The Bertz CT molecular complexity index is 348. The van der Waals surface area contributed by atoms with Crippen LogP contribution in [-0.4, -0.2) is 40.6 Å². The van der Waals surface area contributed by atoms with Gasteiger partial charge in [0.05, 0.1) is 12.4 Å². The Balaban J connectivity index is 2.16. The number of nitrogens with zero attached hydrogens (tertiary/aromatic N) is 3. The molecule has 4 nitrogen and oxygen atoms in total. The van der Waals surface area contributed by atoms with Crippen LogP contribution in [0.15, 0.2) is 12.4 Å². The minimum absolute atomic E-state index is 0.656. The van der Waals surface area contributed by atoms with Gasteiger partial charge in [-0.2, -0.15) is 11.8 Å². The second-order valence-corrected chi connectivity index (χ2v) is 6.06. The second-order valence-electron chi connectivity index (χ2n) is 4.17. The van der Waals surface area contributed by atoms with E-state index < -0.39 is 0 Å². The van der Waals surface area contributed by atoms with Gasteiger partial charge in [0.2, 0.25) is 0 Å². The van der Waals surface area contributed by atoms with Gasteiger partial charge in [0.1, 0.15) is 11.6 Å². The fourth-order valence-corrected chi connectivity index (χ4v) is 3.32. The van der Waals surface area contributed by atoms with Gasteiger partial charge in [-0.1, -0.05) is 13.8 Å². The van der Waals surface area contributed by atoms with Gasteiger partial charge >= 0.3 is 0 Å². The third-order valence-electron chi connectivity index (χ3n) is 2.62. The van der Waals surface area contributed by atoms with Crippen molar-refractivity contribution in [2.75, 3.05) is 30.4 Å². The highest BCUT2D eigenvalue weighted by atomic mass is 32.2. The average molecular weight is 238 g/mol. The fraction of sp³-hybridized carbons (Fsp3) is 0.636. The van der Waals surface area contributed by atoms with Crippen molar-refractivity contribution in [3.63, 3.8) is 0 Å². The molecule has 1 aliphatic rings. The molecule has 0 saturated carbocycles. The summed E-state index contributed by atoms with van der Waals surface area (Å²) in [6.45, 7) is 6.64. The Kier molecular flexibility index (Phi) is 3.53. The lowest BCUT2D eigenvalue weighted by Crippen LogP contribution is -2.40. The predicted octanol–water partition coefficient (Wildman–Crippen LogP) is 1.85. The standard InChI is InChI=1S/C11H18N4S/c1-8-6-15(7-9(2)16-8)11-5-13-4-10(12-3)14-11/h4-5,8-9H,6-7H2,1-3H3,(H,12,14). The number of hydrogen-bond acceptors (Lipinski definition) is 5. The molecule has 2 atom stereocenters. The molecule has 0 radical (unpaired) electrons. The number of hydrogen-bond donors (Lipinski definition) is 1. The van der Waals surface area contributed by atoms with Crippen molar-refractivity contribution in [1.29, 1.82) is 0 Å². The van der Waals surface area contributed by atoms with E-state index in [1.165, 1.54) is 0 Å². The molecule has 0 amide bonds. The van der Waals surface area contributed by atoms with Crippen molar-refractivity contribution >= 4 is 23.4 Å². The van der Waals surface area contributed by atoms with Crippen molar-refractivity contribution in [3.05, 3.63) is 12.4 Å². The number of anilines is 2. The van der Waals surface area contributed by atoms with E-state index >= 15 is 0 Å². The van der Waals surface area contributed by atoms with Crippen LogP contribution in [-0.2, 0) is 0 Å². The molecule has 5 heteroatoms. The van der Waals surface area contributed by atoms with E-state index in [9.17, 15) is 0 Å². The van der Waals surface area contributed by atoms with E-state index in [0.29, 0.717) is 10.5 Å². The van der Waals surface area contributed by atoms with Crippen LogP contribution >= 0.6 is 11.8 Å². The fourth-order valence-electron chi connectivity index (χ4n) is 1.99. The maximum atomic E-state index is 4.53. The zero-order valence-electron chi connectivity index (χ0n) is 9.97. The van der Waals surface area contributed by atoms with Crippen LogP contribution in [0.4, 0.5) is 11.6 Å². The molecule has 1 N–H and O–H groups in total. The monoisotopic (exact) mass is 238 g/mol. The molecule has 0 aromatic carbocycles. The van der Waals surface area contributed by atoms with Crippen LogP contribution in [0.5, 0.6) is 0 Å². The zero-order chi connectivity index (χ0) is 11.5. The summed E-state index contributed by atoms with van der Waals surface area (Å²) in [6.07, 6.45) is 3.59. The van der Waals surface area contributed by atoms with E-state index in [0.717, 1.165) is 24.7 Å². The molecular weight excluding hydrogens is 220 g/mol. The molecule has 1 saturated heterocycles. The lowest BCUT2D eigenvalue weighted by Gasteiger charge is -2.35. The van der Waals surface area contributed by atoms with E-state index in [2.05, 4.69) is 34.0 Å². The number of nitrogens with one attached hydrogen (secondary N) is 1. The molecule has 1 fully saturated rings. The predicted molar refractivity (Wildman–Crippen MR) is 70.3 cm³/mol. The summed E-state index contributed by atoms with van der Waals surface area (Å²) in [6, 6.07) is 0. The Morgan fingerprint density at radius 1 is 1.31 bits per heavy atom. The highest BCUT2D eigenvalue weighted by molar-refractivity contribution is 8.00. The van der Waals surface area contributed by atoms with Gasteiger partial charge < -0.3 is 10.2 Å². The van der Waals surface area contributed by atoms with E-state index in [1.807, 2.05) is 25.0 Å². The third-order valence-corrected chi connectivity index (χ3v) is 3.85. The molecule has 1 aliphatic heterocycles. The first-order valence-electron chi connectivity index (χ1n) is 5.59. The molecule has 0 bridgehead atoms. The first-order chi connectivity index (χ1) is 7.69. The van der Waals surface area contributed by atoms with E-state index in [1.54, 1.807) is 6.20 Å². The van der Waals surface area contributed by atoms with Crippen LogP contribution in [0, 0.1) is 0 Å². The van der Waals surface area contributed by atoms with Crippen molar-refractivity contribution < 1.29 is 0 Å². The van der Waals surface area contributed by atoms with Gasteiger partial charge in [-0.3, -0.25) is 4.98 Å². The average Bonchev–Trinajstić information content (AvgIpc) is 2.28. The van der Waals surface area contributed by atoms with Crippen molar-refractivity contribution in [2.24, 2.45) is 0 Å². The van der Waals surface area contributed by atoms with Crippen LogP contribution in [0.25, 0.3) is 0 Å². The molecule has 2 rings (SSSR count). The van der Waals surface area contributed by atoms with Gasteiger partial charge in [0.15, 0.2) is 0 Å². The minimum Gasteiger partial charge on any atom is -0.372 e. The molecule has 0 spiro atoms. The first-order valence-corrected chi connectivity index (χ1v) is 6.53. The minimum atomic E-state index is 0.656. The van der Waals surface area contributed by atoms with Gasteiger partial charge in [-0.25, -0.2) is 4.98 Å². The Labute approximate surface area is 101 Å². The summed E-state index contributed by atoms with van der Waals surface area (Å²) in [5, 5.41) is 4.34. The van der Waals surface area contributed by atoms with Crippen molar-refractivity contribution in [1.82, 2.24) is 9.97 Å². The largest absolute Gasteiger partial charge is 0.372 e. The summed E-state index contributed by atoms with van der Waals surface area (Å²) >= 11 is 2.04. The molecule has 2 heterocycles. The maximum absolute atomic E-state index is 4.53. The van der Waals surface area contributed by atoms with Crippen molar-refractivity contribution in [2.45, 2.75) is 24.3 Å². The normalized spacial score (nSPS) is 25.6. The Hall–Kier alpha value is -0.970. The van der Waals surface area contributed by atoms with Crippen LogP contribution < -0.4 is 10.2 Å². The van der Waals surface area contributed by atoms with Gasteiger partial charge in [-0.05, 0) is 0 Å². The summed E-state index contributed by atoms with van der Waals surface area (Å²) < 4.78 is 0. The first kappa shape index (κ1) is 11.5. The Morgan fingerprint density at radius 3 is 2.62 bits per heavy atom. The molecule has 1 aromatic heterocycles. The molecule has 88 valence electrons. The van der Waals surface area contributed by atoms with Crippen LogP contribution in [0.2, 0.25) is 0 Å². The molecule has 1 aromatic rings. The lowest BCUT2D eigenvalue weighted by atomic mass is 10.3. The molecular formula is C11H18N4S.